The van der Waals surface area contributed by atoms with Crippen LogP contribution in [0, 0.1) is 13.8 Å². The van der Waals surface area contributed by atoms with Crippen molar-refractivity contribution in [1.82, 2.24) is 5.32 Å². The van der Waals surface area contributed by atoms with E-state index in [2.05, 4.69) is 10.6 Å². The number of carbonyl (C=O) groups excluding carboxylic acids is 2. The zero-order valence-electron chi connectivity index (χ0n) is 18.7. The van der Waals surface area contributed by atoms with Crippen LogP contribution in [0.1, 0.15) is 16.7 Å². The van der Waals surface area contributed by atoms with Gasteiger partial charge in [0.25, 0.3) is 0 Å². The first-order valence-corrected chi connectivity index (χ1v) is 10.6. The van der Waals surface area contributed by atoms with Crippen molar-refractivity contribution < 1.29 is 14.3 Å². The second-order valence-corrected chi connectivity index (χ2v) is 7.61. The molecule has 0 heterocycles. The predicted molar refractivity (Wildman–Crippen MR) is 128 cm³/mol. The molecule has 32 heavy (non-hydrogen) atoms. The van der Waals surface area contributed by atoms with Crippen molar-refractivity contribution in [2.24, 2.45) is 0 Å². The van der Waals surface area contributed by atoms with Crippen molar-refractivity contribution in [3.63, 3.8) is 0 Å². The van der Waals surface area contributed by atoms with Crippen LogP contribution in [0.5, 0.6) is 5.75 Å². The van der Waals surface area contributed by atoms with E-state index in [1.54, 1.807) is 24.1 Å². The van der Waals surface area contributed by atoms with Crippen LogP contribution in [0.15, 0.2) is 72.8 Å². The molecule has 3 aromatic carbocycles. The van der Waals surface area contributed by atoms with Crippen LogP contribution in [-0.2, 0) is 11.2 Å². The zero-order chi connectivity index (χ0) is 22.9. The summed E-state index contributed by atoms with van der Waals surface area (Å²) in [4.78, 5) is 26.3. The zero-order valence-corrected chi connectivity index (χ0v) is 18.7. The Morgan fingerprint density at radius 3 is 2.19 bits per heavy atom. The number of aryl methyl sites for hydroxylation is 2. The number of hydrogen-bond acceptors (Lipinski definition) is 3. The quantitative estimate of drug-likeness (QED) is 0.508. The monoisotopic (exact) mass is 431 g/mol. The van der Waals surface area contributed by atoms with Crippen LogP contribution in [0.25, 0.3) is 0 Å². The highest BCUT2D eigenvalue weighted by Crippen LogP contribution is 2.22. The summed E-state index contributed by atoms with van der Waals surface area (Å²) in [5.74, 6) is 0.858. The van der Waals surface area contributed by atoms with Gasteiger partial charge in [0.1, 0.15) is 12.4 Å². The number of benzene rings is 3. The number of urea groups is 1. The van der Waals surface area contributed by atoms with Crippen molar-refractivity contribution in [2.45, 2.75) is 20.3 Å². The van der Waals surface area contributed by atoms with Crippen molar-refractivity contribution in [3.05, 3.63) is 89.5 Å². The van der Waals surface area contributed by atoms with Crippen LogP contribution in [-0.4, -0.2) is 32.1 Å². The molecule has 6 nitrogen and oxygen atoms in total. The van der Waals surface area contributed by atoms with E-state index in [1.807, 2.05) is 74.5 Å². The minimum Gasteiger partial charge on any atom is -0.491 e. The highest BCUT2D eigenvalue weighted by Gasteiger charge is 2.11. The third-order valence-corrected chi connectivity index (χ3v) is 5.13. The first-order valence-electron chi connectivity index (χ1n) is 10.6. The number of rotatable bonds is 8. The Hall–Kier alpha value is -3.80. The molecule has 166 valence electrons. The van der Waals surface area contributed by atoms with Crippen molar-refractivity contribution in [1.29, 1.82) is 0 Å². The van der Waals surface area contributed by atoms with Gasteiger partial charge in [-0.15, -0.1) is 0 Å². The first-order chi connectivity index (χ1) is 15.4. The Bertz CT molecular complexity index is 1030. The van der Waals surface area contributed by atoms with Crippen LogP contribution in [0.3, 0.4) is 0 Å². The Morgan fingerprint density at radius 2 is 1.53 bits per heavy atom. The van der Waals surface area contributed by atoms with Gasteiger partial charge >= 0.3 is 6.03 Å². The molecule has 0 aromatic heterocycles. The fraction of sp³-hybridized carbons (Fsp3) is 0.231. The minimum absolute atomic E-state index is 0.00135. The van der Waals surface area contributed by atoms with Crippen molar-refractivity contribution in [3.8, 4) is 5.75 Å². The fourth-order valence-electron chi connectivity index (χ4n) is 3.31. The second-order valence-electron chi connectivity index (χ2n) is 7.61. The number of anilines is 2. The van der Waals surface area contributed by atoms with E-state index in [0.29, 0.717) is 18.8 Å². The maximum absolute atomic E-state index is 12.5. The van der Waals surface area contributed by atoms with Gasteiger partial charge in [-0.25, -0.2) is 4.79 Å². The van der Waals surface area contributed by atoms with Gasteiger partial charge in [-0.1, -0.05) is 48.5 Å². The van der Waals surface area contributed by atoms with Crippen molar-refractivity contribution in [2.75, 3.05) is 30.4 Å². The molecule has 0 atom stereocenters. The molecule has 0 fully saturated rings. The van der Waals surface area contributed by atoms with E-state index in [-0.39, 0.29) is 18.4 Å². The van der Waals surface area contributed by atoms with E-state index >= 15 is 0 Å². The minimum atomic E-state index is -0.303. The normalized spacial score (nSPS) is 10.3. The SMILES string of the molecule is Cc1cccc(C)c1OCCNC(=O)Nc1ccc(CC(=O)N(C)c2ccccc2)cc1. The van der Waals surface area contributed by atoms with Crippen LogP contribution >= 0.6 is 0 Å². The number of likely N-dealkylation sites (N-methyl/N-ethyl adjacent to an activating group) is 1. The maximum atomic E-state index is 12.5. The molecular formula is C26H29N3O3. The van der Waals surface area contributed by atoms with Crippen LogP contribution in [0.2, 0.25) is 0 Å². The largest absolute Gasteiger partial charge is 0.491 e. The van der Waals surface area contributed by atoms with Gasteiger partial charge in [-0.2, -0.15) is 0 Å². The molecule has 0 aliphatic rings. The summed E-state index contributed by atoms with van der Waals surface area (Å²) in [5.41, 5.74) is 4.54. The lowest BCUT2D eigenvalue weighted by atomic mass is 10.1. The van der Waals surface area contributed by atoms with E-state index in [1.165, 1.54) is 0 Å². The Morgan fingerprint density at radius 1 is 0.875 bits per heavy atom. The van der Waals surface area contributed by atoms with Gasteiger partial charge in [0.15, 0.2) is 0 Å². The third-order valence-electron chi connectivity index (χ3n) is 5.13. The highest BCUT2D eigenvalue weighted by molar-refractivity contribution is 5.94. The lowest BCUT2D eigenvalue weighted by Crippen LogP contribution is -2.32. The predicted octanol–water partition coefficient (Wildman–Crippen LogP) is 4.71. The van der Waals surface area contributed by atoms with Crippen molar-refractivity contribution >= 4 is 23.3 Å². The number of carbonyl (C=O) groups is 2. The summed E-state index contributed by atoms with van der Waals surface area (Å²) in [5, 5.41) is 5.58. The van der Waals surface area contributed by atoms with Crippen LogP contribution < -0.4 is 20.3 Å². The Labute approximate surface area is 189 Å². The number of nitrogens with one attached hydrogen (secondary N) is 2. The van der Waals surface area contributed by atoms with Gasteiger partial charge in [0, 0.05) is 18.4 Å². The van der Waals surface area contributed by atoms with E-state index in [4.69, 9.17) is 4.74 Å². The standard InChI is InChI=1S/C26H29N3O3/c1-19-8-7-9-20(2)25(19)32-17-16-27-26(31)28-22-14-12-21(13-15-22)18-24(30)29(3)23-10-5-4-6-11-23/h4-15H,16-18H2,1-3H3,(H2,27,28,31). The van der Waals surface area contributed by atoms with Gasteiger partial charge in [0.2, 0.25) is 5.91 Å². The van der Waals surface area contributed by atoms with Gasteiger partial charge < -0.3 is 20.3 Å². The second kappa shape index (κ2) is 11.0. The maximum Gasteiger partial charge on any atom is 0.319 e. The summed E-state index contributed by atoms with van der Waals surface area (Å²) < 4.78 is 5.79. The number of ether oxygens (including phenoxy) is 1. The molecular weight excluding hydrogens is 402 g/mol. The molecule has 3 aromatic rings. The molecule has 2 N–H and O–H groups in total. The molecule has 0 aliphatic heterocycles. The fourth-order valence-corrected chi connectivity index (χ4v) is 3.31. The molecule has 3 rings (SSSR count). The molecule has 0 aliphatic carbocycles. The molecule has 0 radical (unpaired) electrons. The Balaban J connectivity index is 1.43. The highest BCUT2D eigenvalue weighted by atomic mass is 16.5. The Kier molecular flexibility index (Phi) is 7.86. The lowest BCUT2D eigenvalue weighted by molar-refractivity contribution is -0.117. The van der Waals surface area contributed by atoms with E-state index in [9.17, 15) is 9.59 Å². The molecule has 6 heteroatoms. The van der Waals surface area contributed by atoms with E-state index < -0.39 is 0 Å². The van der Waals surface area contributed by atoms with E-state index in [0.717, 1.165) is 28.1 Å². The summed E-state index contributed by atoms with van der Waals surface area (Å²) in [7, 11) is 1.77. The number of para-hydroxylation sites is 2. The lowest BCUT2D eigenvalue weighted by Gasteiger charge is -2.17. The van der Waals surface area contributed by atoms with Gasteiger partial charge in [0.05, 0.1) is 13.0 Å². The number of hydrogen-bond donors (Lipinski definition) is 2. The molecule has 0 saturated heterocycles. The summed E-state index contributed by atoms with van der Waals surface area (Å²) >= 11 is 0. The third kappa shape index (κ3) is 6.35. The smallest absolute Gasteiger partial charge is 0.319 e. The molecule has 0 unspecified atom stereocenters. The summed E-state index contributed by atoms with van der Waals surface area (Å²) in [6, 6.07) is 22.5. The van der Waals surface area contributed by atoms with Crippen LogP contribution in [0.4, 0.5) is 16.2 Å². The average Bonchev–Trinajstić information content (AvgIpc) is 2.79. The molecule has 0 spiro atoms. The summed E-state index contributed by atoms with van der Waals surface area (Å²) in [6.45, 7) is 4.77. The number of amides is 3. The molecule has 0 saturated carbocycles. The molecule has 3 amide bonds. The van der Waals surface area contributed by atoms with Gasteiger partial charge in [-0.05, 0) is 54.8 Å². The molecule has 0 bridgehead atoms. The summed E-state index contributed by atoms with van der Waals surface area (Å²) in [6.07, 6.45) is 0.285. The number of nitrogens with zero attached hydrogens (tertiary/aromatic N) is 1. The van der Waals surface area contributed by atoms with Gasteiger partial charge in [-0.3, -0.25) is 4.79 Å². The first kappa shape index (κ1) is 22.9. The average molecular weight is 432 g/mol. The topological polar surface area (TPSA) is 70.7 Å².